The van der Waals surface area contributed by atoms with Crippen molar-refractivity contribution in [2.24, 2.45) is 5.92 Å². The summed E-state index contributed by atoms with van der Waals surface area (Å²) in [5.41, 5.74) is 3.71. The van der Waals surface area contributed by atoms with Crippen molar-refractivity contribution in [3.63, 3.8) is 0 Å². The molecule has 0 saturated carbocycles. The van der Waals surface area contributed by atoms with Crippen LogP contribution in [0.3, 0.4) is 0 Å². The molecule has 0 saturated heterocycles. The summed E-state index contributed by atoms with van der Waals surface area (Å²) in [5.74, 6) is -0.325. The molecule has 2 aromatic rings. The zero-order chi connectivity index (χ0) is 18.0. The van der Waals surface area contributed by atoms with Gasteiger partial charge in [0, 0.05) is 11.4 Å². The van der Waals surface area contributed by atoms with Gasteiger partial charge >= 0.3 is 5.97 Å². The Bertz CT molecular complexity index is 794. The number of hydrogen-bond donors (Lipinski definition) is 1. The van der Waals surface area contributed by atoms with E-state index in [1.807, 2.05) is 32.0 Å². The maximum absolute atomic E-state index is 12.4. The van der Waals surface area contributed by atoms with Gasteiger partial charge in [-0.05, 0) is 48.4 Å². The lowest BCUT2D eigenvalue weighted by Crippen LogP contribution is -2.37. The molecule has 0 radical (unpaired) electrons. The average molecular weight is 357 g/mol. The van der Waals surface area contributed by atoms with Crippen LogP contribution in [0.25, 0.3) is 10.4 Å². The van der Waals surface area contributed by atoms with Crippen molar-refractivity contribution in [1.29, 1.82) is 0 Å². The number of fused-ring (bicyclic) bond motifs is 3. The fraction of sp³-hybridized carbons (Fsp3) is 0.400. The van der Waals surface area contributed by atoms with E-state index in [1.54, 1.807) is 6.92 Å². The third-order valence-corrected chi connectivity index (χ3v) is 5.46. The maximum atomic E-state index is 12.4. The van der Waals surface area contributed by atoms with Crippen LogP contribution in [0.5, 0.6) is 0 Å². The summed E-state index contributed by atoms with van der Waals surface area (Å²) in [6, 6.07) is 10.2. The second-order valence-corrected chi connectivity index (χ2v) is 7.86. The number of rotatable bonds is 5. The summed E-state index contributed by atoms with van der Waals surface area (Å²) in [6.45, 7) is 6.22. The first kappa shape index (κ1) is 17.7. The summed E-state index contributed by atoms with van der Waals surface area (Å²) in [7, 11) is 0. The number of carbonyl (C=O) groups is 2. The Morgan fingerprint density at radius 1 is 1.16 bits per heavy atom. The number of aryl methyl sites for hydroxylation is 2. The Morgan fingerprint density at radius 3 is 2.64 bits per heavy atom. The molecule has 0 unspecified atom stereocenters. The van der Waals surface area contributed by atoms with Gasteiger partial charge < -0.3 is 10.1 Å². The molecule has 3 rings (SSSR count). The Balaban J connectivity index is 1.71. The average Bonchev–Trinajstić information content (AvgIpc) is 3.04. The number of benzene rings is 1. The molecule has 0 aliphatic heterocycles. The second-order valence-electron chi connectivity index (χ2n) is 6.81. The van der Waals surface area contributed by atoms with Gasteiger partial charge in [-0.1, -0.05) is 38.1 Å². The molecule has 5 heteroatoms. The molecule has 0 fully saturated rings. The van der Waals surface area contributed by atoms with Crippen LogP contribution in [0, 0.1) is 5.92 Å². The number of carbonyl (C=O) groups excluding carboxylic acids is 2. The standard InChI is InChI=1S/C20H23NO3S/c1-12(2)11-21-19(22)13(3)24-20(23)17-10-15-9-8-14-6-4-5-7-16(14)18(15)25-17/h4-7,10,12-13H,8-9,11H2,1-3H3,(H,21,22)/t13-/m1/s1. The highest BCUT2D eigenvalue weighted by Gasteiger charge is 2.24. The van der Waals surface area contributed by atoms with Crippen molar-refractivity contribution in [1.82, 2.24) is 5.32 Å². The van der Waals surface area contributed by atoms with Gasteiger partial charge in [0.05, 0.1) is 0 Å². The van der Waals surface area contributed by atoms with Crippen molar-refractivity contribution < 1.29 is 14.3 Å². The van der Waals surface area contributed by atoms with E-state index in [2.05, 4.69) is 17.4 Å². The molecule has 4 nitrogen and oxygen atoms in total. The van der Waals surface area contributed by atoms with Crippen LogP contribution in [0.1, 0.15) is 41.6 Å². The second kappa shape index (κ2) is 7.40. The van der Waals surface area contributed by atoms with Gasteiger partial charge in [0.1, 0.15) is 4.88 Å². The molecule has 0 spiro atoms. The van der Waals surface area contributed by atoms with Crippen LogP contribution < -0.4 is 5.32 Å². The summed E-state index contributed by atoms with van der Waals surface area (Å²) < 4.78 is 5.36. The fourth-order valence-corrected chi connectivity index (χ4v) is 4.05. The zero-order valence-electron chi connectivity index (χ0n) is 14.8. The highest BCUT2D eigenvalue weighted by atomic mass is 32.1. The first-order valence-electron chi connectivity index (χ1n) is 8.65. The number of thiophene rings is 1. The number of nitrogens with one attached hydrogen (secondary N) is 1. The number of esters is 1. The number of hydrogen-bond acceptors (Lipinski definition) is 4. The highest BCUT2D eigenvalue weighted by molar-refractivity contribution is 7.17. The summed E-state index contributed by atoms with van der Waals surface area (Å²) in [5, 5.41) is 2.79. The molecule has 1 atom stereocenters. The van der Waals surface area contributed by atoms with Crippen molar-refractivity contribution >= 4 is 23.2 Å². The van der Waals surface area contributed by atoms with E-state index < -0.39 is 12.1 Å². The topological polar surface area (TPSA) is 55.4 Å². The van der Waals surface area contributed by atoms with Crippen molar-refractivity contribution in [3.05, 3.63) is 46.3 Å². The summed E-state index contributed by atoms with van der Waals surface area (Å²) in [6.07, 6.45) is 1.13. The number of amides is 1. The monoisotopic (exact) mass is 357 g/mol. The lowest BCUT2D eigenvalue weighted by atomic mass is 9.91. The van der Waals surface area contributed by atoms with Gasteiger partial charge in [-0.15, -0.1) is 11.3 Å². The molecule has 25 heavy (non-hydrogen) atoms. The van der Waals surface area contributed by atoms with E-state index in [0.29, 0.717) is 17.3 Å². The SMILES string of the molecule is CC(C)CNC(=O)[C@@H](C)OC(=O)c1cc2c(s1)-c1ccccc1CC2. The Morgan fingerprint density at radius 2 is 1.88 bits per heavy atom. The summed E-state index contributed by atoms with van der Waals surface area (Å²) in [4.78, 5) is 26.1. The normalized spacial score (nSPS) is 13.8. The molecular weight excluding hydrogens is 334 g/mol. The van der Waals surface area contributed by atoms with Gasteiger partial charge in [0.2, 0.25) is 0 Å². The fourth-order valence-electron chi connectivity index (χ4n) is 2.89. The first-order valence-corrected chi connectivity index (χ1v) is 9.47. The van der Waals surface area contributed by atoms with E-state index in [-0.39, 0.29) is 5.91 Å². The quantitative estimate of drug-likeness (QED) is 0.828. The molecular formula is C20H23NO3S. The lowest BCUT2D eigenvalue weighted by Gasteiger charge is -2.15. The molecule has 1 aromatic carbocycles. The van der Waals surface area contributed by atoms with Crippen molar-refractivity contribution in [2.45, 2.75) is 39.7 Å². The molecule has 1 heterocycles. The van der Waals surface area contributed by atoms with Gasteiger partial charge in [-0.3, -0.25) is 4.79 Å². The molecule has 132 valence electrons. The Labute approximate surface area is 152 Å². The lowest BCUT2D eigenvalue weighted by molar-refractivity contribution is -0.129. The zero-order valence-corrected chi connectivity index (χ0v) is 15.6. The smallest absolute Gasteiger partial charge is 0.349 e. The van der Waals surface area contributed by atoms with Crippen LogP contribution in [-0.4, -0.2) is 24.5 Å². The largest absolute Gasteiger partial charge is 0.448 e. The van der Waals surface area contributed by atoms with E-state index in [1.165, 1.54) is 28.0 Å². The third kappa shape index (κ3) is 3.93. The molecule has 1 amide bonds. The first-order chi connectivity index (χ1) is 12.0. The summed E-state index contributed by atoms with van der Waals surface area (Å²) >= 11 is 1.45. The van der Waals surface area contributed by atoms with Crippen LogP contribution in [0.2, 0.25) is 0 Å². The molecule has 0 bridgehead atoms. The maximum Gasteiger partial charge on any atom is 0.349 e. The van der Waals surface area contributed by atoms with E-state index >= 15 is 0 Å². The third-order valence-electron chi connectivity index (χ3n) is 4.27. The van der Waals surface area contributed by atoms with E-state index in [4.69, 9.17) is 4.74 Å². The molecule has 1 aliphatic carbocycles. The van der Waals surface area contributed by atoms with Gasteiger partial charge in [0.25, 0.3) is 5.91 Å². The highest BCUT2D eigenvalue weighted by Crippen LogP contribution is 2.39. The predicted octanol–water partition coefficient (Wildman–Crippen LogP) is 3.83. The Kier molecular flexibility index (Phi) is 5.23. The minimum atomic E-state index is -0.794. The van der Waals surface area contributed by atoms with E-state index in [9.17, 15) is 9.59 Å². The van der Waals surface area contributed by atoms with Crippen LogP contribution in [0.4, 0.5) is 0 Å². The van der Waals surface area contributed by atoms with Crippen LogP contribution in [0.15, 0.2) is 30.3 Å². The van der Waals surface area contributed by atoms with Crippen molar-refractivity contribution in [3.8, 4) is 10.4 Å². The molecule has 1 N–H and O–H groups in total. The minimum Gasteiger partial charge on any atom is -0.448 e. The Hall–Kier alpha value is -2.14. The van der Waals surface area contributed by atoms with E-state index in [0.717, 1.165) is 17.7 Å². The number of ether oxygens (including phenoxy) is 1. The van der Waals surface area contributed by atoms with Crippen LogP contribution >= 0.6 is 11.3 Å². The van der Waals surface area contributed by atoms with Gasteiger partial charge in [0.15, 0.2) is 6.10 Å². The minimum absolute atomic E-state index is 0.256. The van der Waals surface area contributed by atoms with Crippen LogP contribution in [-0.2, 0) is 22.4 Å². The van der Waals surface area contributed by atoms with Gasteiger partial charge in [-0.25, -0.2) is 4.79 Å². The molecule has 1 aromatic heterocycles. The predicted molar refractivity (Wildman–Crippen MR) is 99.9 cm³/mol. The molecule has 1 aliphatic rings. The van der Waals surface area contributed by atoms with Crippen molar-refractivity contribution in [2.75, 3.05) is 6.54 Å². The van der Waals surface area contributed by atoms with Gasteiger partial charge in [-0.2, -0.15) is 0 Å².